The van der Waals surface area contributed by atoms with E-state index in [9.17, 15) is 19.7 Å². The highest BCUT2D eigenvalue weighted by Gasteiger charge is 2.28. The van der Waals surface area contributed by atoms with Crippen LogP contribution in [0.25, 0.3) is 17.3 Å². The summed E-state index contributed by atoms with van der Waals surface area (Å²) in [6.07, 6.45) is 2.99. The van der Waals surface area contributed by atoms with Crippen molar-refractivity contribution in [2.24, 2.45) is 4.99 Å². The number of nitro groups is 1. The molecular formula is C22H16N4O5. The van der Waals surface area contributed by atoms with E-state index in [1.54, 1.807) is 13.0 Å². The summed E-state index contributed by atoms with van der Waals surface area (Å²) in [6, 6.07) is 13.7. The summed E-state index contributed by atoms with van der Waals surface area (Å²) in [5.41, 5.74) is 2.38. The fourth-order valence-electron chi connectivity index (χ4n) is 3.20. The van der Waals surface area contributed by atoms with Gasteiger partial charge in [-0.25, -0.2) is 14.5 Å². The summed E-state index contributed by atoms with van der Waals surface area (Å²) in [6.45, 7) is 2.94. The Morgan fingerprint density at radius 1 is 1.16 bits per heavy atom. The summed E-state index contributed by atoms with van der Waals surface area (Å²) in [4.78, 5) is 39.2. The minimum absolute atomic E-state index is 0.00110. The lowest BCUT2D eigenvalue weighted by atomic mass is 10.1. The number of rotatable bonds is 4. The van der Waals surface area contributed by atoms with Gasteiger partial charge in [-0.05, 0) is 19.1 Å². The van der Waals surface area contributed by atoms with Gasteiger partial charge >= 0.3 is 5.97 Å². The van der Waals surface area contributed by atoms with Crippen molar-refractivity contribution < 1.29 is 19.2 Å². The molecule has 0 amide bonds. The Bertz CT molecular complexity index is 1290. The molecule has 1 aromatic heterocycles. The quantitative estimate of drug-likeness (QED) is 0.277. The zero-order chi connectivity index (χ0) is 22.1. The van der Waals surface area contributed by atoms with E-state index in [4.69, 9.17) is 4.74 Å². The second-order valence-corrected chi connectivity index (χ2v) is 6.81. The Labute approximate surface area is 176 Å². The zero-order valence-corrected chi connectivity index (χ0v) is 16.6. The molecule has 4 rings (SSSR count). The number of hydrogen-bond acceptors (Lipinski definition) is 7. The predicted molar refractivity (Wildman–Crippen MR) is 112 cm³/mol. The van der Waals surface area contributed by atoms with Crippen LogP contribution in [0.15, 0.2) is 65.4 Å². The van der Waals surface area contributed by atoms with E-state index < -0.39 is 10.9 Å². The van der Waals surface area contributed by atoms with E-state index in [0.717, 1.165) is 5.56 Å². The third-order valence-corrected chi connectivity index (χ3v) is 4.76. The molecule has 9 heteroatoms. The number of esters is 1. The van der Waals surface area contributed by atoms with Gasteiger partial charge in [0.15, 0.2) is 5.70 Å². The molecule has 0 atom stereocenters. The third-order valence-electron chi connectivity index (χ3n) is 4.76. The van der Waals surface area contributed by atoms with Gasteiger partial charge < -0.3 is 4.74 Å². The van der Waals surface area contributed by atoms with E-state index in [2.05, 4.69) is 10.1 Å². The normalized spacial score (nSPS) is 14.5. The van der Waals surface area contributed by atoms with Gasteiger partial charge in [0.1, 0.15) is 5.69 Å². The zero-order valence-electron chi connectivity index (χ0n) is 16.6. The topological polar surface area (TPSA) is 117 Å². The number of carbonyl (C=O) groups is 2. The Morgan fingerprint density at radius 3 is 2.58 bits per heavy atom. The SMILES string of the molecule is CC(=O)n1cc(/C=C2\N=C(c3cccc([N+](=O)[O-])c3C)OC2=O)c(-c2ccccc2)n1. The molecule has 154 valence electrons. The van der Waals surface area contributed by atoms with Crippen molar-refractivity contribution >= 4 is 29.5 Å². The molecule has 0 radical (unpaired) electrons. The van der Waals surface area contributed by atoms with E-state index in [-0.39, 0.29) is 23.2 Å². The van der Waals surface area contributed by atoms with Crippen LogP contribution in [-0.2, 0) is 9.53 Å². The number of ether oxygens (including phenoxy) is 1. The molecule has 31 heavy (non-hydrogen) atoms. The fraction of sp³-hybridized carbons (Fsp3) is 0.0909. The molecule has 0 spiro atoms. The number of carbonyl (C=O) groups excluding carboxylic acids is 2. The lowest BCUT2D eigenvalue weighted by Crippen LogP contribution is -2.08. The Kier molecular flexibility index (Phi) is 5.00. The van der Waals surface area contributed by atoms with Crippen molar-refractivity contribution in [1.82, 2.24) is 9.78 Å². The molecule has 2 heterocycles. The van der Waals surface area contributed by atoms with Crippen LogP contribution in [0.4, 0.5) is 5.69 Å². The first-order chi connectivity index (χ1) is 14.8. The number of aliphatic imine (C=N–C) groups is 1. The third kappa shape index (κ3) is 3.76. The molecule has 0 unspecified atom stereocenters. The Hall–Kier alpha value is -4.40. The van der Waals surface area contributed by atoms with Crippen molar-refractivity contribution in [1.29, 1.82) is 0 Å². The molecule has 3 aromatic rings. The number of nitrogens with zero attached hydrogens (tertiary/aromatic N) is 4. The van der Waals surface area contributed by atoms with Crippen LogP contribution in [0.3, 0.4) is 0 Å². The second-order valence-electron chi connectivity index (χ2n) is 6.81. The van der Waals surface area contributed by atoms with Crippen LogP contribution in [0, 0.1) is 17.0 Å². The lowest BCUT2D eigenvalue weighted by Gasteiger charge is -2.04. The van der Waals surface area contributed by atoms with Crippen molar-refractivity contribution in [3.8, 4) is 11.3 Å². The minimum atomic E-state index is -0.699. The standard InChI is InChI=1S/C22H16N4O5/c1-13-17(9-6-10-19(13)26(29)30)21-23-18(22(28)31-21)11-16-12-25(14(2)27)24-20(16)15-7-4-3-5-8-15/h3-12H,1-2H3/b18-11-. The lowest BCUT2D eigenvalue weighted by molar-refractivity contribution is -0.385. The molecule has 0 bridgehead atoms. The van der Waals surface area contributed by atoms with Crippen LogP contribution >= 0.6 is 0 Å². The van der Waals surface area contributed by atoms with Crippen LogP contribution in [0.2, 0.25) is 0 Å². The minimum Gasteiger partial charge on any atom is -0.402 e. The monoisotopic (exact) mass is 416 g/mol. The predicted octanol–water partition coefficient (Wildman–Crippen LogP) is 3.77. The van der Waals surface area contributed by atoms with Crippen molar-refractivity contribution in [3.63, 3.8) is 0 Å². The molecule has 0 N–H and O–H groups in total. The van der Waals surface area contributed by atoms with E-state index in [1.165, 1.54) is 36.0 Å². The van der Waals surface area contributed by atoms with Crippen molar-refractivity contribution in [2.75, 3.05) is 0 Å². The second kappa shape index (κ2) is 7.79. The van der Waals surface area contributed by atoms with Gasteiger partial charge in [-0.15, -0.1) is 0 Å². The molecule has 1 aliphatic rings. The highest BCUT2D eigenvalue weighted by atomic mass is 16.6. The average Bonchev–Trinajstić information content (AvgIpc) is 3.33. The summed E-state index contributed by atoms with van der Waals surface area (Å²) in [5.74, 6) is -1.000. The molecular weight excluding hydrogens is 400 g/mol. The van der Waals surface area contributed by atoms with Crippen LogP contribution < -0.4 is 0 Å². The van der Waals surface area contributed by atoms with Gasteiger partial charge in [0.2, 0.25) is 11.8 Å². The van der Waals surface area contributed by atoms with Crippen molar-refractivity contribution in [2.45, 2.75) is 13.8 Å². The van der Waals surface area contributed by atoms with E-state index >= 15 is 0 Å². The summed E-state index contributed by atoms with van der Waals surface area (Å²) in [5, 5.41) is 15.5. The fourth-order valence-corrected chi connectivity index (χ4v) is 3.20. The molecule has 0 aliphatic carbocycles. The summed E-state index contributed by atoms with van der Waals surface area (Å²) < 4.78 is 6.46. The van der Waals surface area contributed by atoms with Gasteiger partial charge in [-0.1, -0.05) is 36.4 Å². The highest BCUT2D eigenvalue weighted by Crippen LogP contribution is 2.28. The number of hydrogen-bond donors (Lipinski definition) is 0. The molecule has 1 aliphatic heterocycles. The molecule has 0 saturated carbocycles. The van der Waals surface area contributed by atoms with Gasteiger partial charge in [0.05, 0.1) is 4.92 Å². The number of benzene rings is 2. The number of cyclic esters (lactones) is 1. The summed E-state index contributed by atoms with van der Waals surface area (Å²) >= 11 is 0. The van der Waals surface area contributed by atoms with Crippen LogP contribution in [0.5, 0.6) is 0 Å². The first-order valence-electron chi connectivity index (χ1n) is 9.28. The Morgan fingerprint density at radius 2 is 1.90 bits per heavy atom. The Balaban J connectivity index is 1.79. The van der Waals surface area contributed by atoms with E-state index in [1.807, 2.05) is 30.3 Å². The molecule has 9 nitrogen and oxygen atoms in total. The number of nitro benzene ring substituents is 1. The summed E-state index contributed by atoms with van der Waals surface area (Å²) in [7, 11) is 0. The maximum Gasteiger partial charge on any atom is 0.363 e. The number of aromatic nitrogens is 2. The average molecular weight is 416 g/mol. The van der Waals surface area contributed by atoms with Gasteiger partial charge in [-0.2, -0.15) is 5.10 Å². The van der Waals surface area contributed by atoms with Crippen molar-refractivity contribution in [3.05, 3.63) is 87.2 Å². The van der Waals surface area contributed by atoms with Crippen LogP contribution in [0.1, 0.15) is 28.4 Å². The van der Waals surface area contributed by atoms with Crippen LogP contribution in [-0.4, -0.2) is 32.5 Å². The van der Waals surface area contributed by atoms with Gasteiger partial charge in [-0.3, -0.25) is 14.9 Å². The largest absolute Gasteiger partial charge is 0.402 e. The van der Waals surface area contributed by atoms with E-state index in [0.29, 0.717) is 22.4 Å². The smallest absolute Gasteiger partial charge is 0.363 e. The van der Waals surface area contributed by atoms with Gasteiger partial charge in [0, 0.05) is 41.4 Å². The molecule has 2 aromatic carbocycles. The molecule has 0 saturated heterocycles. The first kappa shape index (κ1) is 19.9. The maximum absolute atomic E-state index is 12.4. The first-order valence-corrected chi connectivity index (χ1v) is 9.28. The maximum atomic E-state index is 12.4. The molecule has 0 fully saturated rings. The van der Waals surface area contributed by atoms with Gasteiger partial charge in [0.25, 0.3) is 5.69 Å². The highest BCUT2D eigenvalue weighted by molar-refractivity contribution is 6.13.